The van der Waals surface area contributed by atoms with Gasteiger partial charge in [-0.25, -0.2) is 9.37 Å². The first-order valence-electron chi connectivity index (χ1n) is 12.7. The molecular formula is C29H32N5O3+. The van der Waals surface area contributed by atoms with Crippen LogP contribution < -0.4 is 20.6 Å². The fourth-order valence-electron chi connectivity index (χ4n) is 5.27. The average Bonchev–Trinajstić information content (AvgIpc) is 3.28. The number of nitrogen functional groups attached to an aromatic ring is 1. The van der Waals surface area contributed by atoms with Crippen LogP contribution in [0.25, 0.3) is 44.3 Å². The van der Waals surface area contributed by atoms with Gasteiger partial charge in [-0.2, -0.15) is 5.10 Å². The number of nitrogens with two attached hydrogens (primary N) is 1. The second-order valence-electron chi connectivity index (χ2n) is 9.01. The molecule has 0 amide bonds. The van der Waals surface area contributed by atoms with Gasteiger partial charge in [0.1, 0.15) is 24.4 Å². The summed E-state index contributed by atoms with van der Waals surface area (Å²) in [5, 5.41) is 19.7. The fraction of sp³-hybridized carbons (Fsp3) is 0.276. The summed E-state index contributed by atoms with van der Waals surface area (Å²) in [5.41, 5.74) is 10.5. The number of nitrogens with zero attached hydrogens (tertiary/aromatic N) is 3. The Labute approximate surface area is 215 Å². The van der Waals surface area contributed by atoms with Crippen LogP contribution in [0, 0.1) is 0 Å². The highest BCUT2D eigenvalue weighted by atomic mass is 16.4. The van der Waals surface area contributed by atoms with E-state index in [0.29, 0.717) is 27.8 Å². The van der Waals surface area contributed by atoms with Crippen LogP contribution in [0.3, 0.4) is 0 Å². The lowest BCUT2D eigenvalue weighted by atomic mass is 9.89. The number of rotatable bonds is 7. The summed E-state index contributed by atoms with van der Waals surface area (Å²) in [4.78, 5) is 14.9. The second-order valence-corrected chi connectivity index (χ2v) is 9.01. The van der Waals surface area contributed by atoms with Gasteiger partial charge in [-0.3, -0.25) is 5.10 Å². The molecule has 0 unspecified atom stereocenters. The molecule has 2 aromatic carbocycles. The third-order valence-corrected chi connectivity index (χ3v) is 7.20. The van der Waals surface area contributed by atoms with Gasteiger partial charge in [0.2, 0.25) is 5.36 Å². The SMILES string of the molecule is CCN(CC)c1ccc2c(-c3ccc4c(N)n[nH]c4c3C(=O)O)c3ccc(=[N+](CC)CC)cc-3oc2c1. The van der Waals surface area contributed by atoms with Gasteiger partial charge < -0.3 is 20.2 Å². The van der Waals surface area contributed by atoms with Crippen LogP contribution in [0.5, 0.6) is 0 Å². The molecule has 0 saturated heterocycles. The van der Waals surface area contributed by atoms with Crippen molar-refractivity contribution in [2.75, 3.05) is 36.8 Å². The van der Waals surface area contributed by atoms with Gasteiger partial charge in [-0.05, 0) is 57.5 Å². The van der Waals surface area contributed by atoms with E-state index in [0.717, 1.165) is 53.7 Å². The zero-order chi connectivity index (χ0) is 26.3. The molecule has 2 aliphatic rings. The topological polar surface area (TPSA) is 111 Å². The Bertz CT molecular complexity index is 1670. The molecule has 0 fully saturated rings. The number of anilines is 2. The van der Waals surface area contributed by atoms with Gasteiger partial charge in [-0.1, -0.05) is 6.07 Å². The molecule has 0 atom stereocenters. The van der Waals surface area contributed by atoms with Crippen LogP contribution in [0.15, 0.2) is 52.9 Å². The smallest absolute Gasteiger partial charge is 0.338 e. The van der Waals surface area contributed by atoms with Crippen LogP contribution in [-0.2, 0) is 0 Å². The summed E-state index contributed by atoms with van der Waals surface area (Å²) in [5.74, 6) is -0.0791. The predicted molar refractivity (Wildman–Crippen MR) is 149 cm³/mol. The van der Waals surface area contributed by atoms with E-state index < -0.39 is 5.97 Å². The monoisotopic (exact) mass is 498 g/mol. The quantitative estimate of drug-likeness (QED) is 0.215. The van der Waals surface area contributed by atoms with Crippen molar-refractivity contribution in [1.29, 1.82) is 0 Å². The molecule has 37 heavy (non-hydrogen) atoms. The fourth-order valence-corrected chi connectivity index (χ4v) is 5.27. The highest BCUT2D eigenvalue weighted by Crippen LogP contribution is 2.43. The van der Waals surface area contributed by atoms with Gasteiger partial charge >= 0.3 is 5.97 Å². The van der Waals surface area contributed by atoms with Crippen LogP contribution in [0.1, 0.15) is 38.1 Å². The van der Waals surface area contributed by atoms with Crippen molar-refractivity contribution in [3.63, 3.8) is 0 Å². The molecule has 1 aliphatic carbocycles. The third kappa shape index (κ3) is 3.98. The van der Waals surface area contributed by atoms with Crippen molar-refractivity contribution >= 4 is 39.3 Å². The summed E-state index contributed by atoms with van der Waals surface area (Å²) >= 11 is 0. The van der Waals surface area contributed by atoms with Crippen LogP contribution in [0.4, 0.5) is 11.5 Å². The highest BCUT2D eigenvalue weighted by Gasteiger charge is 2.25. The zero-order valence-corrected chi connectivity index (χ0v) is 21.6. The molecule has 0 bridgehead atoms. The number of H-pyrrole nitrogens is 1. The molecule has 8 heteroatoms. The van der Waals surface area contributed by atoms with Crippen LogP contribution in [-0.4, -0.2) is 47.5 Å². The Morgan fingerprint density at radius 1 is 1.00 bits per heavy atom. The van der Waals surface area contributed by atoms with Crippen molar-refractivity contribution in [3.8, 4) is 22.5 Å². The van der Waals surface area contributed by atoms with Gasteiger partial charge in [0.25, 0.3) is 0 Å². The van der Waals surface area contributed by atoms with Crippen LogP contribution >= 0.6 is 0 Å². The lowest BCUT2D eigenvalue weighted by Crippen LogP contribution is -2.29. The summed E-state index contributed by atoms with van der Waals surface area (Å²) < 4.78 is 8.78. The molecule has 2 heterocycles. The molecule has 1 aromatic heterocycles. The minimum atomic E-state index is -1.05. The third-order valence-electron chi connectivity index (χ3n) is 7.20. The van der Waals surface area contributed by atoms with E-state index in [1.165, 1.54) is 0 Å². The van der Waals surface area contributed by atoms with Crippen molar-refractivity contribution in [2.24, 2.45) is 0 Å². The first kappa shape index (κ1) is 24.4. The standard InChI is InChI=1S/C29H31N5O3/c1-5-33(6-2)17-9-11-19-23(15-17)37-24-16-18(34(7-3)8-4)10-12-20(24)25(19)21-13-14-22-27(26(21)29(35)36)31-32-28(22)30/h9-16H,5-8,30H2,1-4H3,(H,35,36)/p+1. The molecular weight excluding hydrogens is 466 g/mol. The molecule has 0 saturated carbocycles. The maximum Gasteiger partial charge on any atom is 0.338 e. The largest absolute Gasteiger partial charge is 0.478 e. The molecule has 0 spiro atoms. The van der Waals surface area contributed by atoms with E-state index in [9.17, 15) is 9.90 Å². The van der Waals surface area contributed by atoms with Crippen LogP contribution in [0.2, 0.25) is 0 Å². The molecule has 8 nitrogen and oxygen atoms in total. The van der Waals surface area contributed by atoms with Gasteiger partial charge in [0, 0.05) is 52.8 Å². The molecule has 190 valence electrons. The van der Waals surface area contributed by atoms with Crippen molar-refractivity contribution in [1.82, 2.24) is 14.8 Å². The Kier molecular flexibility index (Phi) is 6.33. The number of aromatic carboxylic acids is 1. The Morgan fingerprint density at radius 2 is 1.70 bits per heavy atom. The number of benzene rings is 3. The summed E-state index contributed by atoms with van der Waals surface area (Å²) in [7, 11) is 0. The summed E-state index contributed by atoms with van der Waals surface area (Å²) in [6.07, 6.45) is 0. The van der Waals surface area contributed by atoms with Crippen molar-refractivity contribution < 1.29 is 14.3 Å². The number of carboxylic acid groups (broad SMARTS) is 1. The van der Waals surface area contributed by atoms with E-state index in [2.05, 4.69) is 59.5 Å². The Hall–Kier alpha value is -4.33. The number of hydrogen-bond acceptors (Lipinski definition) is 5. The maximum atomic E-state index is 12.6. The number of aromatic nitrogens is 2. The molecule has 3 aromatic rings. The zero-order valence-electron chi connectivity index (χ0n) is 21.6. The van der Waals surface area contributed by atoms with E-state index >= 15 is 0 Å². The first-order chi connectivity index (χ1) is 17.9. The number of aromatic amines is 1. The molecule has 4 N–H and O–H groups in total. The highest BCUT2D eigenvalue weighted by molar-refractivity contribution is 6.14. The van der Waals surface area contributed by atoms with Gasteiger partial charge in [-0.15, -0.1) is 0 Å². The number of nitrogens with one attached hydrogen (secondary N) is 1. The molecule has 5 rings (SSSR count). The minimum absolute atomic E-state index is 0.135. The van der Waals surface area contributed by atoms with E-state index in [1.54, 1.807) is 0 Å². The Balaban J connectivity index is 1.93. The van der Waals surface area contributed by atoms with Crippen molar-refractivity contribution in [3.05, 3.63) is 59.5 Å². The van der Waals surface area contributed by atoms with Gasteiger partial charge in [0.15, 0.2) is 5.82 Å². The number of hydrogen-bond donors (Lipinski definition) is 3. The number of fused-ring (bicyclic) bond motifs is 3. The average molecular weight is 499 g/mol. The predicted octanol–water partition coefficient (Wildman–Crippen LogP) is 5.02. The van der Waals surface area contributed by atoms with E-state index in [4.69, 9.17) is 10.2 Å². The number of carboxylic acids is 1. The summed E-state index contributed by atoms with van der Waals surface area (Å²) in [6, 6.07) is 15.9. The van der Waals surface area contributed by atoms with E-state index in [1.807, 2.05) is 36.4 Å². The van der Waals surface area contributed by atoms with Gasteiger partial charge in [0.05, 0.1) is 17.1 Å². The molecule has 0 radical (unpaired) electrons. The maximum absolute atomic E-state index is 12.6. The Morgan fingerprint density at radius 3 is 2.38 bits per heavy atom. The van der Waals surface area contributed by atoms with E-state index in [-0.39, 0.29) is 11.4 Å². The van der Waals surface area contributed by atoms with Crippen molar-refractivity contribution in [2.45, 2.75) is 27.7 Å². The minimum Gasteiger partial charge on any atom is -0.478 e. The lowest BCUT2D eigenvalue weighted by Gasteiger charge is -2.22. The number of carbonyl (C=O) groups is 1. The molecule has 1 aliphatic heterocycles. The summed E-state index contributed by atoms with van der Waals surface area (Å²) in [6.45, 7) is 12.0. The first-order valence-corrected chi connectivity index (χ1v) is 12.7. The second kappa shape index (κ2) is 9.61. The lowest BCUT2D eigenvalue weighted by molar-refractivity contribution is 0.0699. The normalized spacial score (nSPS) is 11.5.